The number of nitrogen functional groups attached to an aromatic ring is 1. The highest BCUT2D eigenvalue weighted by atomic mass is 16.5. The van der Waals surface area contributed by atoms with E-state index in [0.29, 0.717) is 12.4 Å². The van der Waals surface area contributed by atoms with Crippen LogP contribution in [0.15, 0.2) is 12.1 Å². The van der Waals surface area contributed by atoms with Crippen molar-refractivity contribution in [3.8, 4) is 11.5 Å². The van der Waals surface area contributed by atoms with Crippen LogP contribution >= 0.6 is 0 Å². The molecule has 0 aromatic heterocycles. The Morgan fingerprint density at radius 2 is 1.54 bits per heavy atom. The van der Waals surface area contributed by atoms with Crippen molar-refractivity contribution in [1.29, 1.82) is 0 Å². The van der Waals surface area contributed by atoms with E-state index in [4.69, 9.17) is 15.6 Å². The molecule has 1 aromatic carbocycles. The van der Waals surface area contributed by atoms with Crippen LogP contribution in [0.25, 0.3) is 0 Å². The summed E-state index contributed by atoms with van der Waals surface area (Å²) < 4.78 is 5.55. The minimum atomic E-state index is -1.21. The van der Waals surface area contributed by atoms with Crippen LogP contribution < -0.4 is 10.5 Å². The largest absolute Gasteiger partial charge is 0.507 e. The molecule has 4 N–H and O–H groups in total. The molecule has 0 aliphatic rings. The Bertz CT molecular complexity index is 502. The molecule has 136 valence electrons. The topological polar surface area (TPSA) is 92.8 Å². The summed E-state index contributed by atoms with van der Waals surface area (Å²) in [5.41, 5.74) is 5.78. The molecule has 1 rings (SSSR count). The fraction of sp³-hybridized carbons (Fsp3) is 0.632. The van der Waals surface area contributed by atoms with Gasteiger partial charge in [-0.05, 0) is 12.5 Å². The van der Waals surface area contributed by atoms with Gasteiger partial charge in [0.2, 0.25) is 0 Å². The molecule has 0 radical (unpaired) electrons. The number of carboxylic acid groups (broad SMARTS) is 1. The zero-order chi connectivity index (χ0) is 17.8. The van der Waals surface area contributed by atoms with Crippen molar-refractivity contribution in [1.82, 2.24) is 0 Å². The second-order valence-electron chi connectivity index (χ2n) is 6.24. The number of hydrogen-bond acceptors (Lipinski definition) is 4. The third-order valence-corrected chi connectivity index (χ3v) is 4.11. The number of aromatic hydroxyl groups is 1. The molecule has 0 spiro atoms. The highest BCUT2D eigenvalue weighted by molar-refractivity contribution is 5.92. The Labute approximate surface area is 144 Å². The number of carboxylic acids is 1. The fourth-order valence-electron chi connectivity index (χ4n) is 2.65. The molecule has 1 aromatic rings. The van der Waals surface area contributed by atoms with E-state index >= 15 is 0 Å². The maximum absolute atomic E-state index is 10.9. The molecule has 24 heavy (non-hydrogen) atoms. The number of anilines is 1. The zero-order valence-corrected chi connectivity index (χ0v) is 14.7. The van der Waals surface area contributed by atoms with Crippen LogP contribution in [0.1, 0.15) is 81.5 Å². The number of unbranched alkanes of at least 4 members (excludes halogenated alkanes) is 9. The molecule has 0 fully saturated rings. The molecule has 5 nitrogen and oxygen atoms in total. The van der Waals surface area contributed by atoms with Crippen LogP contribution in [0, 0.1) is 0 Å². The summed E-state index contributed by atoms with van der Waals surface area (Å²) in [5.74, 6) is -1.19. The molecule has 0 saturated heterocycles. The highest BCUT2D eigenvalue weighted by Crippen LogP contribution is 2.30. The van der Waals surface area contributed by atoms with E-state index in [1.54, 1.807) is 0 Å². The number of benzene rings is 1. The first kappa shape index (κ1) is 20.1. The normalized spacial score (nSPS) is 10.7. The average Bonchev–Trinajstić information content (AvgIpc) is 2.55. The Morgan fingerprint density at radius 3 is 2.08 bits per heavy atom. The summed E-state index contributed by atoms with van der Waals surface area (Å²) in [5, 5.41) is 18.5. The van der Waals surface area contributed by atoms with Crippen molar-refractivity contribution in [3.05, 3.63) is 17.7 Å². The van der Waals surface area contributed by atoms with Crippen molar-refractivity contribution in [2.45, 2.75) is 71.1 Å². The van der Waals surface area contributed by atoms with E-state index in [2.05, 4.69) is 6.92 Å². The molecule has 0 amide bonds. The number of carbonyl (C=O) groups is 1. The van der Waals surface area contributed by atoms with Gasteiger partial charge in [-0.3, -0.25) is 0 Å². The second kappa shape index (κ2) is 11.6. The summed E-state index contributed by atoms with van der Waals surface area (Å²) in [6, 6.07) is 2.50. The molecule has 0 saturated carbocycles. The summed E-state index contributed by atoms with van der Waals surface area (Å²) in [7, 11) is 0. The van der Waals surface area contributed by atoms with Crippen LogP contribution in [-0.4, -0.2) is 22.8 Å². The lowest BCUT2D eigenvalue weighted by Crippen LogP contribution is -2.03. The minimum absolute atomic E-state index is 0.209. The maximum atomic E-state index is 10.9. The lowest BCUT2D eigenvalue weighted by Gasteiger charge is -2.10. The summed E-state index contributed by atoms with van der Waals surface area (Å²) in [4.78, 5) is 10.9. The number of phenols is 1. The predicted molar refractivity (Wildman–Crippen MR) is 96.8 cm³/mol. The van der Waals surface area contributed by atoms with Crippen molar-refractivity contribution < 1.29 is 19.7 Å². The van der Waals surface area contributed by atoms with Crippen molar-refractivity contribution >= 4 is 11.7 Å². The van der Waals surface area contributed by atoms with Gasteiger partial charge in [-0.1, -0.05) is 64.7 Å². The highest BCUT2D eigenvalue weighted by Gasteiger charge is 2.13. The van der Waals surface area contributed by atoms with Gasteiger partial charge in [0.1, 0.15) is 17.1 Å². The standard InChI is InChI=1S/C19H31NO4/c1-2-3-4-5-6-7-8-9-10-11-12-24-18-14-17(21)15(19(22)23)13-16(18)20/h13-14,21H,2-12,20H2,1H3,(H,22,23). The van der Waals surface area contributed by atoms with E-state index in [9.17, 15) is 9.90 Å². The minimum Gasteiger partial charge on any atom is -0.507 e. The van der Waals surface area contributed by atoms with Gasteiger partial charge < -0.3 is 20.7 Å². The number of rotatable bonds is 13. The Morgan fingerprint density at radius 1 is 1.00 bits per heavy atom. The van der Waals surface area contributed by atoms with Gasteiger partial charge in [0.05, 0.1) is 12.3 Å². The molecule has 5 heteroatoms. The maximum Gasteiger partial charge on any atom is 0.339 e. The number of ether oxygens (including phenoxy) is 1. The quantitative estimate of drug-likeness (QED) is 0.268. The van der Waals surface area contributed by atoms with Gasteiger partial charge in [0, 0.05) is 6.07 Å². The fourth-order valence-corrected chi connectivity index (χ4v) is 2.65. The second-order valence-corrected chi connectivity index (χ2v) is 6.24. The van der Waals surface area contributed by atoms with Crippen LogP contribution in [-0.2, 0) is 0 Å². The monoisotopic (exact) mass is 337 g/mol. The van der Waals surface area contributed by atoms with Crippen LogP contribution in [0.2, 0.25) is 0 Å². The van der Waals surface area contributed by atoms with Gasteiger partial charge in [-0.15, -0.1) is 0 Å². The number of hydrogen-bond donors (Lipinski definition) is 3. The Hall–Kier alpha value is -1.91. The van der Waals surface area contributed by atoms with Crippen molar-refractivity contribution in [2.75, 3.05) is 12.3 Å². The molecule has 0 aliphatic carbocycles. The third kappa shape index (κ3) is 7.57. The van der Waals surface area contributed by atoms with Crippen LogP contribution in [0.3, 0.4) is 0 Å². The van der Waals surface area contributed by atoms with Crippen LogP contribution in [0.4, 0.5) is 5.69 Å². The van der Waals surface area contributed by atoms with Gasteiger partial charge in [0.25, 0.3) is 0 Å². The van der Waals surface area contributed by atoms with E-state index in [-0.39, 0.29) is 17.0 Å². The van der Waals surface area contributed by atoms with Gasteiger partial charge >= 0.3 is 5.97 Å². The smallest absolute Gasteiger partial charge is 0.339 e. The molecule has 0 aliphatic heterocycles. The lowest BCUT2D eigenvalue weighted by molar-refractivity contribution is 0.0693. The SMILES string of the molecule is CCCCCCCCCCCCOc1cc(O)c(C(=O)O)cc1N. The first-order valence-electron chi connectivity index (χ1n) is 9.04. The van der Waals surface area contributed by atoms with E-state index in [0.717, 1.165) is 12.8 Å². The zero-order valence-electron chi connectivity index (χ0n) is 14.7. The van der Waals surface area contributed by atoms with Gasteiger partial charge in [0.15, 0.2) is 0 Å². The third-order valence-electron chi connectivity index (χ3n) is 4.11. The average molecular weight is 337 g/mol. The molecule has 0 unspecified atom stereocenters. The molecule has 0 heterocycles. The first-order valence-corrected chi connectivity index (χ1v) is 9.04. The first-order chi connectivity index (χ1) is 11.6. The van der Waals surface area contributed by atoms with E-state index < -0.39 is 5.97 Å². The molecule has 0 atom stereocenters. The Balaban J connectivity index is 2.13. The number of aromatic carboxylic acids is 1. The Kier molecular flexibility index (Phi) is 9.73. The summed E-state index contributed by atoms with van der Waals surface area (Å²) in [6.45, 7) is 2.75. The molecular weight excluding hydrogens is 306 g/mol. The van der Waals surface area contributed by atoms with Crippen molar-refractivity contribution in [3.63, 3.8) is 0 Å². The molecular formula is C19H31NO4. The number of nitrogens with two attached hydrogens (primary N) is 1. The lowest BCUT2D eigenvalue weighted by atomic mass is 10.1. The van der Waals surface area contributed by atoms with Gasteiger partial charge in [-0.2, -0.15) is 0 Å². The summed E-state index contributed by atoms with van der Waals surface area (Å²) in [6.07, 6.45) is 12.5. The summed E-state index contributed by atoms with van der Waals surface area (Å²) >= 11 is 0. The predicted octanol–water partition coefficient (Wildman–Crippen LogP) is 4.97. The molecule has 0 bridgehead atoms. The van der Waals surface area contributed by atoms with E-state index in [1.807, 2.05) is 0 Å². The van der Waals surface area contributed by atoms with Crippen LogP contribution in [0.5, 0.6) is 11.5 Å². The van der Waals surface area contributed by atoms with Gasteiger partial charge in [-0.25, -0.2) is 4.79 Å². The van der Waals surface area contributed by atoms with E-state index in [1.165, 1.54) is 63.5 Å². The van der Waals surface area contributed by atoms with Crippen molar-refractivity contribution in [2.24, 2.45) is 0 Å².